The van der Waals surface area contributed by atoms with E-state index in [1.165, 1.54) is 5.69 Å². The maximum atomic E-state index is 13.2. The first-order valence-electron chi connectivity index (χ1n) is 11.0. The molecule has 0 spiro atoms. The van der Waals surface area contributed by atoms with Crippen molar-refractivity contribution in [3.8, 4) is 0 Å². The maximum Gasteiger partial charge on any atom is 0.291 e. The van der Waals surface area contributed by atoms with Gasteiger partial charge in [0.25, 0.3) is 5.91 Å². The molecule has 8 heteroatoms. The number of likely N-dealkylation sites (N-methyl/N-ethyl adjacent to an activating group) is 1. The van der Waals surface area contributed by atoms with Crippen LogP contribution < -0.4 is 10.2 Å². The molecular formula is C25H26N4O2S2. The van der Waals surface area contributed by atoms with E-state index in [2.05, 4.69) is 39.3 Å². The number of carbonyl (C=O) groups is 1. The fraction of sp³-hybridized carbons (Fsp3) is 0.280. The second-order valence-electron chi connectivity index (χ2n) is 8.24. The molecular weight excluding hydrogens is 452 g/mol. The third kappa shape index (κ3) is 4.93. The van der Waals surface area contributed by atoms with E-state index in [1.54, 1.807) is 23.1 Å². The third-order valence-electron chi connectivity index (χ3n) is 5.84. The monoisotopic (exact) mass is 478 g/mol. The Balaban J connectivity index is 1.33. The summed E-state index contributed by atoms with van der Waals surface area (Å²) in [4.78, 5) is 22.4. The highest BCUT2D eigenvalue weighted by molar-refractivity contribution is 8.00. The summed E-state index contributed by atoms with van der Waals surface area (Å²) in [6.45, 7) is 6.14. The number of hydrogen-bond donors (Lipinski definition) is 1. The predicted molar refractivity (Wildman–Crippen MR) is 137 cm³/mol. The van der Waals surface area contributed by atoms with Gasteiger partial charge in [-0.3, -0.25) is 4.79 Å². The van der Waals surface area contributed by atoms with E-state index >= 15 is 0 Å². The molecule has 1 aliphatic rings. The summed E-state index contributed by atoms with van der Waals surface area (Å²) in [6.07, 6.45) is 0. The highest BCUT2D eigenvalue weighted by Gasteiger charge is 2.21. The van der Waals surface area contributed by atoms with E-state index in [9.17, 15) is 4.79 Å². The lowest BCUT2D eigenvalue weighted by Crippen LogP contribution is -2.44. The highest BCUT2D eigenvalue weighted by Crippen LogP contribution is 2.33. The topological polar surface area (TPSA) is 61.6 Å². The number of piperazine rings is 1. The van der Waals surface area contributed by atoms with Crippen molar-refractivity contribution in [3.05, 3.63) is 70.9 Å². The summed E-state index contributed by atoms with van der Waals surface area (Å²) in [5.74, 6) is 0.749. The molecule has 6 nitrogen and oxygen atoms in total. The molecule has 0 aliphatic carbocycles. The Morgan fingerprint density at radius 2 is 1.88 bits per heavy atom. The van der Waals surface area contributed by atoms with Gasteiger partial charge in [0.05, 0.1) is 0 Å². The molecule has 33 heavy (non-hydrogen) atoms. The number of carbonyl (C=O) groups excluding carboxylic acids is 1. The Morgan fingerprint density at radius 1 is 1.12 bits per heavy atom. The first-order chi connectivity index (χ1) is 16.1. The number of rotatable bonds is 6. The minimum absolute atomic E-state index is 0.232. The minimum Gasteiger partial charge on any atom is -0.451 e. The Hall–Kier alpha value is -2.81. The average Bonchev–Trinajstić information content (AvgIpc) is 3.42. The molecule has 5 rings (SSSR count). The van der Waals surface area contributed by atoms with Gasteiger partial charge < -0.3 is 19.5 Å². The molecule has 3 heterocycles. The summed E-state index contributed by atoms with van der Waals surface area (Å²) in [5.41, 5.74) is 4.57. The lowest BCUT2D eigenvalue weighted by molar-refractivity contribution is 0.0998. The van der Waals surface area contributed by atoms with E-state index in [4.69, 9.17) is 4.42 Å². The molecule has 0 saturated carbocycles. The summed E-state index contributed by atoms with van der Waals surface area (Å²) >= 11 is 3.25. The maximum absolute atomic E-state index is 13.2. The number of hydrogen-bond acceptors (Lipinski definition) is 7. The van der Waals surface area contributed by atoms with E-state index in [1.807, 2.05) is 48.7 Å². The predicted octanol–water partition coefficient (Wildman–Crippen LogP) is 5.49. The molecule has 1 amide bonds. The van der Waals surface area contributed by atoms with Crippen LogP contribution in [0.4, 0.5) is 11.4 Å². The molecule has 0 atom stereocenters. The number of anilines is 2. The summed E-state index contributed by atoms with van der Waals surface area (Å²) in [5, 5.41) is 6.02. The standard InChI is InChI=1S/C25H26N4O2S2/c1-17-15-32-25(26-17)33-16-21-20-5-3-4-6-22(20)31-23(21)24(30)27-18-7-9-19(10-8-18)29-13-11-28(2)12-14-29/h3-10,15H,11-14,16H2,1-2H3,(H,27,30). The van der Waals surface area contributed by atoms with Crippen LogP contribution in [0, 0.1) is 6.92 Å². The van der Waals surface area contributed by atoms with E-state index < -0.39 is 0 Å². The molecule has 0 unspecified atom stereocenters. The van der Waals surface area contributed by atoms with Crippen molar-refractivity contribution in [3.63, 3.8) is 0 Å². The lowest BCUT2D eigenvalue weighted by atomic mass is 10.1. The summed E-state index contributed by atoms with van der Waals surface area (Å²) < 4.78 is 6.99. The Labute approximate surface area is 201 Å². The van der Waals surface area contributed by atoms with Crippen molar-refractivity contribution < 1.29 is 9.21 Å². The van der Waals surface area contributed by atoms with Gasteiger partial charge in [0.15, 0.2) is 5.76 Å². The smallest absolute Gasteiger partial charge is 0.291 e. The molecule has 0 radical (unpaired) electrons. The average molecular weight is 479 g/mol. The van der Waals surface area contributed by atoms with Crippen LogP contribution in [0.2, 0.25) is 0 Å². The van der Waals surface area contributed by atoms with Crippen LogP contribution >= 0.6 is 23.1 Å². The van der Waals surface area contributed by atoms with Crippen molar-refractivity contribution in [2.75, 3.05) is 43.4 Å². The zero-order valence-electron chi connectivity index (χ0n) is 18.7. The number of fused-ring (bicyclic) bond motifs is 1. The van der Waals surface area contributed by atoms with Gasteiger partial charge in [0, 0.05) is 65.3 Å². The van der Waals surface area contributed by atoms with E-state index in [0.29, 0.717) is 11.5 Å². The second-order valence-corrected chi connectivity index (χ2v) is 10.3. The molecule has 1 fully saturated rings. The van der Waals surface area contributed by atoms with Crippen LogP contribution in [0.1, 0.15) is 21.8 Å². The molecule has 2 aromatic heterocycles. The Morgan fingerprint density at radius 3 is 2.61 bits per heavy atom. The van der Waals surface area contributed by atoms with Crippen LogP contribution in [0.3, 0.4) is 0 Å². The van der Waals surface area contributed by atoms with Crippen LogP contribution in [0.5, 0.6) is 0 Å². The molecule has 1 saturated heterocycles. The first kappa shape index (κ1) is 22.0. The SMILES string of the molecule is Cc1csc(SCc2c(C(=O)Nc3ccc(N4CCN(C)CC4)cc3)oc3ccccc23)n1. The van der Waals surface area contributed by atoms with Crippen LogP contribution in [-0.2, 0) is 5.75 Å². The zero-order chi connectivity index (χ0) is 22.8. The molecule has 170 valence electrons. The van der Waals surface area contributed by atoms with Crippen LogP contribution in [0.15, 0.2) is 62.7 Å². The van der Waals surface area contributed by atoms with Gasteiger partial charge >= 0.3 is 0 Å². The van der Waals surface area contributed by atoms with Gasteiger partial charge in [-0.05, 0) is 44.3 Å². The van der Waals surface area contributed by atoms with Crippen molar-refractivity contribution in [2.45, 2.75) is 17.0 Å². The fourth-order valence-corrected chi connectivity index (χ4v) is 5.84. The molecule has 1 N–H and O–H groups in total. The third-order valence-corrected chi connectivity index (χ3v) is 8.00. The second kappa shape index (κ2) is 9.59. The highest BCUT2D eigenvalue weighted by atomic mass is 32.2. The zero-order valence-corrected chi connectivity index (χ0v) is 20.3. The van der Waals surface area contributed by atoms with Crippen molar-refractivity contribution in [1.29, 1.82) is 0 Å². The number of nitrogens with one attached hydrogen (secondary N) is 1. The van der Waals surface area contributed by atoms with E-state index in [-0.39, 0.29) is 5.91 Å². The van der Waals surface area contributed by atoms with Gasteiger partial charge in [0.1, 0.15) is 9.92 Å². The summed E-state index contributed by atoms with van der Waals surface area (Å²) in [7, 11) is 2.15. The van der Waals surface area contributed by atoms with Crippen molar-refractivity contribution >= 4 is 51.3 Å². The fourth-order valence-electron chi connectivity index (χ4n) is 3.97. The van der Waals surface area contributed by atoms with Gasteiger partial charge in [-0.15, -0.1) is 11.3 Å². The van der Waals surface area contributed by atoms with Gasteiger partial charge in [-0.25, -0.2) is 4.98 Å². The molecule has 1 aliphatic heterocycles. The van der Waals surface area contributed by atoms with Crippen molar-refractivity contribution in [1.82, 2.24) is 9.88 Å². The van der Waals surface area contributed by atoms with Gasteiger partial charge in [0.2, 0.25) is 0 Å². The number of amides is 1. The molecule has 0 bridgehead atoms. The normalized spacial score (nSPS) is 14.7. The summed E-state index contributed by atoms with van der Waals surface area (Å²) in [6, 6.07) is 15.9. The lowest BCUT2D eigenvalue weighted by Gasteiger charge is -2.34. The Bertz CT molecular complexity index is 1260. The minimum atomic E-state index is -0.232. The number of aryl methyl sites for hydroxylation is 1. The van der Waals surface area contributed by atoms with Crippen molar-refractivity contribution in [2.24, 2.45) is 0 Å². The largest absolute Gasteiger partial charge is 0.451 e. The number of furan rings is 1. The van der Waals surface area contributed by atoms with Crippen LogP contribution in [0.25, 0.3) is 11.0 Å². The number of nitrogens with zero attached hydrogens (tertiary/aromatic N) is 3. The number of benzene rings is 2. The Kier molecular flexibility index (Phi) is 6.39. The number of aromatic nitrogens is 1. The van der Waals surface area contributed by atoms with Gasteiger partial charge in [-0.1, -0.05) is 30.0 Å². The quantitative estimate of drug-likeness (QED) is 0.370. The molecule has 4 aromatic rings. The number of thiazole rings is 1. The van der Waals surface area contributed by atoms with Crippen LogP contribution in [-0.4, -0.2) is 49.0 Å². The number of para-hydroxylation sites is 1. The molecule has 2 aromatic carbocycles. The number of thioether (sulfide) groups is 1. The first-order valence-corrected chi connectivity index (χ1v) is 12.8. The van der Waals surface area contributed by atoms with Gasteiger partial charge in [-0.2, -0.15) is 0 Å². The van der Waals surface area contributed by atoms with E-state index in [0.717, 1.165) is 58.4 Å².